The summed E-state index contributed by atoms with van der Waals surface area (Å²) in [4.78, 5) is 33.1. The summed E-state index contributed by atoms with van der Waals surface area (Å²) in [5, 5.41) is 3.68. The number of aromatic amines is 1. The van der Waals surface area contributed by atoms with Gasteiger partial charge in [-0.3, -0.25) is 9.89 Å². The van der Waals surface area contributed by atoms with Gasteiger partial charge in [0.2, 0.25) is 0 Å². The van der Waals surface area contributed by atoms with Gasteiger partial charge >= 0.3 is 5.97 Å². The quantitative estimate of drug-likeness (QED) is 0.556. The van der Waals surface area contributed by atoms with Crippen LogP contribution in [0.3, 0.4) is 0 Å². The van der Waals surface area contributed by atoms with Gasteiger partial charge in [0.1, 0.15) is 5.56 Å². The summed E-state index contributed by atoms with van der Waals surface area (Å²) in [5.41, 5.74) is 1.44. The van der Waals surface area contributed by atoms with E-state index in [0.717, 1.165) is 5.16 Å². The third-order valence-corrected chi connectivity index (χ3v) is 4.55. The number of ether oxygens (including phenoxy) is 1. The average Bonchev–Trinajstić information content (AvgIpc) is 3.08. The van der Waals surface area contributed by atoms with E-state index in [1.807, 2.05) is 17.8 Å². The Morgan fingerprint density at radius 2 is 2.25 bits per heavy atom. The van der Waals surface area contributed by atoms with E-state index in [4.69, 9.17) is 4.74 Å². The average molecular weight is 347 g/mol. The Morgan fingerprint density at radius 1 is 1.46 bits per heavy atom. The molecule has 3 rings (SSSR count). The van der Waals surface area contributed by atoms with Crippen molar-refractivity contribution < 1.29 is 9.53 Å². The summed E-state index contributed by atoms with van der Waals surface area (Å²) in [6, 6.07) is 1.45. The number of fused-ring (bicyclic) bond motifs is 1. The van der Waals surface area contributed by atoms with E-state index in [-0.39, 0.29) is 23.4 Å². The monoisotopic (exact) mass is 347 g/mol. The number of nitrogens with one attached hydrogen (secondary N) is 1. The Bertz CT molecular complexity index is 956. The molecule has 0 saturated carbocycles. The molecule has 0 spiro atoms. The first kappa shape index (κ1) is 16.3. The van der Waals surface area contributed by atoms with Crippen LogP contribution in [0.25, 0.3) is 5.65 Å². The number of aromatic nitrogens is 5. The summed E-state index contributed by atoms with van der Waals surface area (Å²) >= 11 is 1.47. The molecule has 0 saturated heterocycles. The van der Waals surface area contributed by atoms with E-state index in [1.54, 1.807) is 20.0 Å². The first-order valence-corrected chi connectivity index (χ1v) is 8.38. The molecule has 0 amide bonds. The summed E-state index contributed by atoms with van der Waals surface area (Å²) in [5.74, 6) is -0.0159. The van der Waals surface area contributed by atoms with Crippen molar-refractivity contribution >= 4 is 23.4 Å². The highest BCUT2D eigenvalue weighted by molar-refractivity contribution is 7.98. The number of rotatable bonds is 5. The molecule has 0 atom stereocenters. The maximum Gasteiger partial charge on any atom is 0.343 e. The Hall–Kier alpha value is -2.55. The normalized spacial score (nSPS) is 11.1. The maximum absolute atomic E-state index is 12.3. The second-order valence-electron chi connectivity index (χ2n) is 5.19. The highest BCUT2D eigenvalue weighted by Gasteiger charge is 2.20. The third-order valence-electron chi connectivity index (χ3n) is 3.46. The summed E-state index contributed by atoms with van der Waals surface area (Å²) < 4.78 is 8.21. The van der Waals surface area contributed by atoms with E-state index in [1.165, 1.54) is 22.3 Å². The Morgan fingerprint density at radius 3 is 2.92 bits per heavy atom. The molecule has 9 heteroatoms. The van der Waals surface area contributed by atoms with Crippen molar-refractivity contribution in [1.82, 2.24) is 24.1 Å². The number of hydrogen-bond acceptors (Lipinski definition) is 6. The van der Waals surface area contributed by atoms with Crippen LogP contribution in [0, 0.1) is 6.92 Å². The van der Waals surface area contributed by atoms with Crippen LogP contribution in [-0.4, -0.2) is 36.7 Å². The lowest BCUT2D eigenvalue weighted by Crippen LogP contribution is -2.16. The maximum atomic E-state index is 12.3. The highest BCUT2D eigenvalue weighted by Crippen LogP contribution is 2.20. The zero-order valence-electron chi connectivity index (χ0n) is 13.6. The minimum absolute atomic E-state index is 0.258. The fourth-order valence-corrected chi connectivity index (χ4v) is 3.17. The zero-order valence-corrected chi connectivity index (χ0v) is 14.4. The van der Waals surface area contributed by atoms with Gasteiger partial charge in [-0.25, -0.2) is 19.3 Å². The molecule has 1 N–H and O–H groups in total. The number of carbonyl (C=O) groups excluding carboxylic acids is 1. The molecule has 3 heterocycles. The first-order chi connectivity index (χ1) is 11.5. The van der Waals surface area contributed by atoms with Gasteiger partial charge in [0, 0.05) is 37.0 Å². The highest BCUT2D eigenvalue weighted by atomic mass is 32.2. The molecular weight excluding hydrogens is 330 g/mol. The number of imidazole rings is 1. The third kappa shape index (κ3) is 2.94. The molecule has 0 fully saturated rings. The number of carbonyl (C=O) groups is 1. The van der Waals surface area contributed by atoms with Gasteiger partial charge in [-0.1, -0.05) is 11.8 Å². The number of aryl methyl sites for hydroxylation is 2. The van der Waals surface area contributed by atoms with Crippen LogP contribution in [0.1, 0.15) is 28.7 Å². The lowest BCUT2D eigenvalue weighted by atomic mass is 10.2. The van der Waals surface area contributed by atoms with Crippen LogP contribution in [0.2, 0.25) is 0 Å². The zero-order chi connectivity index (χ0) is 17.3. The van der Waals surface area contributed by atoms with Gasteiger partial charge in [0.25, 0.3) is 5.56 Å². The van der Waals surface area contributed by atoms with E-state index in [2.05, 4.69) is 15.1 Å². The Labute approximate surface area is 141 Å². The van der Waals surface area contributed by atoms with Gasteiger partial charge in [-0.05, 0) is 13.8 Å². The number of hydrogen-bond donors (Lipinski definition) is 1. The first-order valence-electron chi connectivity index (χ1n) is 7.39. The molecule has 126 valence electrons. The van der Waals surface area contributed by atoms with E-state index in [9.17, 15) is 9.59 Å². The van der Waals surface area contributed by atoms with E-state index < -0.39 is 5.97 Å². The van der Waals surface area contributed by atoms with Crippen molar-refractivity contribution in [2.24, 2.45) is 7.05 Å². The predicted octanol–water partition coefficient (Wildman–Crippen LogP) is 1.53. The molecule has 0 unspecified atom stereocenters. The van der Waals surface area contributed by atoms with Gasteiger partial charge in [0.15, 0.2) is 10.8 Å². The molecular formula is C15H17N5O3S. The Balaban J connectivity index is 1.98. The number of thioether (sulfide) groups is 1. The van der Waals surface area contributed by atoms with Crippen LogP contribution >= 0.6 is 11.8 Å². The minimum Gasteiger partial charge on any atom is -0.462 e. The van der Waals surface area contributed by atoms with Crippen molar-refractivity contribution in [3.05, 3.63) is 45.8 Å². The van der Waals surface area contributed by atoms with Gasteiger partial charge in [-0.15, -0.1) is 0 Å². The number of nitrogens with zero attached hydrogens (tertiary/aromatic N) is 4. The Kier molecular flexibility index (Phi) is 4.43. The second-order valence-corrected chi connectivity index (χ2v) is 6.13. The fourth-order valence-electron chi connectivity index (χ4n) is 2.35. The van der Waals surface area contributed by atoms with Crippen LogP contribution in [0.15, 0.2) is 28.4 Å². The molecule has 0 aliphatic carbocycles. The van der Waals surface area contributed by atoms with E-state index >= 15 is 0 Å². The molecule has 0 aliphatic heterocycles. The number of esters is 1. The summed E-state index contributed by atoms with van der Waals surface area (Å²) in [7, 11) is 1.90. The van der Waals surface area contributed by atoms with Crippen LogP contribution < -0.4 is 5.56 Å². The standard InChI is InChI=1S/C15H17N5O3S/c1-4-23-14(22)12-9(2)18-20-11(21)7-10(17-13(12)20)8-24-15-16-5-6-19(15)3/h5-7,18H,4,8H2,1-3H3. The van der Waals surface area contributed by atoms with Gasteiger partial charge < -0.3 is 9.30 Å². The summed E-state index contributed by atoms with van der Waals surface area (Å²) in [6.07, 6.45) is 3.56. The van der Waals surface area contributed by atoms with Crippen molar-refractivity contribution in [1.29, 1.82) is 0 Å². The van der Waals surface area contributed by atoms with Crippen molar-refractivity contribution in [2.45, 2.75) is 24.8 Å². The molecule has 0 radical (unpaired) electrons. The molecule has 0 bridgehead atoms. The van der Waals surface area contributed by atoms with Crippen molar-refractivity contribution in [2.75, 3.05) is 6.61 Å². The lowest BCUT2D eigenvalue weighted by Gasteiger charge is -2.03. The molecule has 24 heavy (non-hydrogen) atoms. The van der Waals surface area contributed by atoms with Crippen LogP contribution in [0.4, 0.5) is 0 Å². The smallest absolute Gasteiger partial charge is 0.343 e. The van der Waals surface area contributed by atoms with Crippen LogP contribution in [-0.2, 0) is 17.5 Å². The molecule has 8 nitrogen and oxygen atoms in total. The second kappa shape index (κ2) is 6.52. The SMILES string of the molecule is CCOC(=O)c1c(C)[nH]n2c(=O)cc(CSc3nccn3C)nc12. The molecule has 3 aromatic heterocycles. The van der Waals surface area contributed by atoms with Crippen molar-refractivity contribution in [3.8, 4) is 0 Å². The molecule has 0 aliphatic rings. The van der Waals surface area contributed by atoms with Gasteiger partial charge in [-0.2, -0.15) is 0 Å². The molecule has 0 aromatic carbocycles. The largest absolute Gasteiger partial charge is 0.462 e. The summed E-state index contributed by atoms with van der Waals surface area (Å²) in [6.45, 7) is 3.70. The minimum atomic E-state index is -0.491. The van der Waals surface area contributed by atoms with Crippen molar-refractivity contribution in [3.63, 3.8) is 0 Å². The predicted molar refractivity (Wildman–Crippen MR) is 89.3 cm³/mol. The lowest BCUT2D eigenvalue weighted by molar-refractivity contribution is 0.0527. The fraction of sp³-hybridized carbons (Fsp3) is 0.333. The van der Waals surface area contributed by atoms with Crippen LogP contribution in [0.5, 0.6) is 0 Å². The number of H-pyrrole nitrogens is 1. The van der Waals surface area contributed by atoms with Gasteiger partial charge in [0.05, 0.1) is 12.3 Å². The van der Waals surface area contributed by atoms with E-state index in [0.29, 0.717) is 17.1 Å². The topological polar surface area (TPSA) is 94.3 Å². The molecule has 3 aromatic rings.